The Kier molecular flexibility index (Phi) is 4.77. The van der Waals surface area contributed by atoms with Gasteiger partial charge in [-0.2, -0.15) is 0 Å². The van der Waals surface area contributed by atoms with E-state index in [0.717, 1.165) is 22.2 Å². The number of nitrogens with two attached hydrogens (primary N) is 1. The molecule has 1 heterocycles. The SMILES string of the molecule is CC(C)CC(CN)n1cncc1-c1cccc(Br)c1. The number of aromatic nitrogens is 2. The quantitative estimate of drug-likeness (QED) is 0.908. The van der Waals surface area contributed by atoms with E-state index in [1.165, 1.54) is 0 Å². The van der Waals surface area contributed by atoms with Crippen LogP contribution in [0.3, 0.4) is 0 Å². The van der Waals surface area contributed by atoms with Crippen molar-refractivity contribution in [2.45, 2.75) is 26.3 Å². The zero-order valence-corrected chi connectivity index (χ0v) is 13.0. The molecule has 19 heavy (non-hydrogen) atoms. The van der Waals surface area contributed by atoms with Crippen LogP contribution in [0.4, 0.5) is 0 Å². The summed E-state index contributed by atoms with van der Waals surface area (Å²) >= 11 is 3.51. The van der Waals surface area contributed by atoms with E-state index in [1.54, 1.807) is 0 Å². The highest BCUT2D eigenvalue weighted by molar-refractivity contribution is 9.10. The van der Waals surface area contributed by atoms with Crippen LogP contribution in [-0.2, 0) is 0 Å². The van der Waals surface area contributed by atoms with Crippen LogP contribution < -0.4 is 5.73 Å². The van der Waals surface area contributed by atoms with Crippen LogP contribution in [0.2, 0.25) is 0 Å². The van der Waals surface area contributed by atoms with Crippen molar-refractivity contribution in [2.75, 3.05) is 6.54 Å². The van der Waals surface area contributed by atoms with Crippen molar-refractivity contribution >= 4 is 15.9 Å². The maximum absolute atomic E-state index is 5.93. The summed E-state index contributed by atoms with van der Waals surface area (Å²) in [6, 6.07) is 8.57. The van der Waals surface area contributed by atoms with Gasteiger partial charge in [0.1, 0.15) is 0 Å². The first-order chi connectivity index (χ1) is 9.11. The highest BCUT2D eigenvalue weighted by Gasteiger charge is 2.15. The van der Waals surface area contributed by atoms with E-state index in [1.807, 2.05) is 24.7 Å². The molecule has 0 aliphatic carbocycles. The molecule has 0 fully saturated rings. The third-order valence-corrected chi connectivity index (χ3v) is 3.69. The Balaban J connectivity index is 2.36. The van der Waals surface area contributed by atoms with Gasteiger partial charge in [-0.1, -0.05) is 41.9 Å². The standard InChI is InChI=1S/C15H20BrN3/c1-11(2)6-14(8-17)19-10-18-9-15(19)12-4-3-5-13(16)7-12/h3-5,7,9-11,14H,6,8,17H2,1-2H3. The summed E-state index contributed by atoms with van der Waals surface area (Å²) in [6.07, 6.45) is 4.86. The Morgan fingerprint density at radius 3 is 2.79 bits per heavy atom. The van der Waals surface area contributed by atoms with Crippen LogP contribution >= 0.6 is 15.9 Å². The topological polar surface area (TPSA) is 43.8 Å². The molecular formula is C15H20BrN3. The van der Waals surface area contributed by atoms with Gasteiger partial charge in [0.05, 0.1) is 18.2 Å². The highest BCUT2D eigenvalue weighted by Crippen LogP contribution is 2.27. The van der Waals surface area contributed by atoms with Crippen LogP contribution in [0, 0.1) is 5.92 Å². The van der Waals surface area contributed by atoms with E-state index < -0.39 is 0 Å². The second-order valence-electron chi connectivity index (χ2n) is 5.22. The molecule has 2 rings (SSSR count). The lowest BCUT2D eigenvalue weighted by Crippen LogP contribution is -2.21. The van der Waals surface area contributed by atoms with Crippen molar-refractivity contribution in [1.82, 2.24) is 9.55 Å². The summed E-state index contributed by atoms with van der Waals surface area (Å²) in [5.74, 6) is 0.617. The molecule has 3 nitrogen and oxygen atoms in total. The molecule has 0 aliphatic rings. The lowest BCUT2D eigenvalue weighted by Gasteiger charge is -2.21. The molecule has 4 heteroatoms. The number of hydrogen-bond donors (Lipinski definition) is 1. The molecule has 0 bridgehead atoms. The van der Waals surface area contributed by atoms with Gasteiger partial charge in [0.15, 0.2) is 0 Å². The molecule has 0 amide bonds. The van der Waals surface area contributed by atoms with Crippen molar-refractivity contribution in [2.24, 2.45) is 11.7 Å². The third-order valence-electron chi connectivity index (χ3n) is 3.20. The fourth-order valence-corrected chi connectivity index (χ4v) is 2.73. The fraction of sp³-hybridized carbons (Fsp3) is 0.400. The molecule has 0 aliphatic heterocycles. The minimum absolute atomic E-state index is 0.302. The van der Waals surface area contributed by atoms with E-state index >= 15 is 0 Å². The van der Waals surface area contributed by atoms with E-state index in [0.29, 0.717) is 18.5 Å². The van der Waals surface area contributed by atoms with Gasteiger partial charge in [-0.05, 0) is 24.5 Å². The number of hydrogen-bond acceptors (Lipinski definition) is 2. The second-order valence-corrected chi connectivity index (χ2v) is 6.13. The normalized spacial score (nSPS) is 12.9. The highest BCUT2D eigenvalue weighted by atomic mass is 79.9. The lowest BCUT2D eigenvalue weighted by atomic mass is 10.0. The van der Waals surface area contributed by atoms with Gasteiger partial charge in [0.2, 0.25) is 0 Å². The molecule has 1 atom stereocenters. The summed E-state index contributed by atoms with van der Waals surface area (Å²) in [7, 11) is 0. The number of nitrogens with zero attached hydrogens (tertiary/aromatic N) is 2. The first-order valence-corrected chi connectivity index (χ1v) is 7.39. The molecule has 0 saturated heterocycles. The predicted molar refractivity (Wildman–Crippen MR) is 82.9 cm³/mol. The summed E-state index contributed by atoms with van der Waals surface area (Å²) in [5, 5.41) is 0. The van der Waals surface area contributed by atoms with E-state index in [4.69, 9.17) is 5.73 Å². The first-order valence-electron chi connectivity index (χ1n) is 6.59. The summed E-state index contributed by atoms with van der Waals surface area (Å²) < 4.78 is 3.27. The molecule has 2 N–H and O–H groups in total. The van der Waals surface area contributed by atoms with Crippen molar-refractivity contribution in [3.63, 3.8) is 0 Å². The Morgan fingerprint density at radius 1 is 1.37 bits per heavy atom. The Hall–Kier alpha value is -1.13. The van der Waals surface area contributed by atoms with E-state index in [-0.39, 0.29) is 0 Å². The van der Waals surface area contributed by atoms with Gasteiger partial charge in [-0.15, -0.1) is 0 Å². The zero-order chi connectivity index (χ0) is 13.8. The Morgan fingerprint density at radius 2 is 2.16 bits per heavy atom. The molecule has 102 valence electrons. The minimum atomic E-state index is 0.302. The van der Waals surface area contributed by atoms with Crippen molar-refractivity contribution in [3.8, 4) is 11.3 Å². The first kappa shape index (κ1) is 14.3. The molecule has 0 radical (unpaired) electrons. The van der Waals surface area contributed by atoms with E-state index in [9.17, 15) is 0 Å². The zero-order valence-electron chi connectivity index (χ0n) is 11.4. The van der Waals surface area contributed by atoms with Gasteiger partial charge < -0.3 is 10.3 Å². The van der Waals surface area contributed by atoms with Crippen molar-refractivity contribution < 1.29 is 0 Å². The van der Waals surface area contributed by atoms with Gasteiger partial charge in [-0.3, -0.25) is 0 Å². The fourth-order valence-electron chi connectivity index (χ4n) is 2.33. The summed E-state index contributed by atoms with van der Waals surface area (Å²) in [6.45, 7) is 5.08. The van der Waals surface area contributed by atoms with Gasteiger partial charge >= 0.3 is 0 Å². The Bertz CT molecular complexity index is 534. The minimum Gasteiger partial charge on any atom is -0.328 e. The monoisotopic (exact) mass is 321 g/mol. The molecule has 0 saturated carbocycles. The molecular weight excluding hydrogens is 302 g/mol. The van der Waals surface area contributed by atoms with Gasteiger partial charge in [0, 0.05) is 22.6 Å². The average Bonchev–Trinajstić information content (AvgIpc) is 2.84. The van der Waals surface area contributed by atoms with Gasteiger partial charge in [0.25, 0.3) is 0 Å². The average molecular weight is 322 g/mol. The van der Waals surface area contributed by atoms with Crippen LogP contribution in [0.5, 0.6) is 0 Å². The maximum atomic E-state index is 5.93. The third kappa shape index (κ3) is 3.45. The predicted octanol–water partition coefficient (Wildman–Crippen LogP) is 3.86. The number of rotatable bonds is 5. The smallest absolute Gasteiger partial charge is 0.0954 e. The number of benzene rings is 1. The maximum Gasteiger partial charge on any atom is 0.0954 e. The summed E-state index contributed by atoms with van der Waals surface area (Å²) in [5.41, 5.74) is 8.22. The lowest BCUT2D eigenvalue weighted by molar-refractivity contribution is 0.410. The van der Waals surface area contributed by atoms with E-state index in [2.05, 4.69) is 51.5 Å². The largest absolute Gasteiger partial charge is 0.328 e. The van der Waals surface area contributed by atoms with Crippen molar-refractivity contribution in [3.05, 3.63) is 41.3 Å². The number of halogens is 1. The van der Waals surface area contributed by atoms with Gasteiger partial charge in [-0.25, -0.2) is 4.98 Å². The molecule has 1 aromatic carbocycles. The van der Waals surface area contributed by atoms with Crippen LogP contribution in [0.25, 0.3) is 11.3 Å². The van der Waals surface area contributed by atoms with Crippen LogP contribution in [0.15, 0.2) is 41.3 Å². The molecule has 0 spiro atoms. The van der Waals surface area contributed by atoms with Crippen molar-refractivity contribution in [1.29, 1.82) is 0 Å². The number of imidazole rings is 1. The molecule has 1 aromatic heterocycles. The molecule has 1 unspecified atom stereocenters. The summed E-state index contributed by atoms with van der Waals surface area (Å²) in [4.78, 5) is 4.30. The molecule has 2 aromatic rings. The second kappa shape index (κ2) is 6.35. The Labute approximate surface area is 123 Å². The van der Waals surface area contributed by atoms with Crippen LogP contribution in [-0.4, -0.2) is 16.1 Å². The van der Waals surface area contributed by atoms with Crippen LogP contribution in [0.1, 0.15) is 26.3 Å².